The Morgan fingerprint density at radius 3 is 2.58 bits per heavy atom. The number of hydrogen-bond donors (Lipinski definition) is 1. The predicted octanol–water partition coefficient (Wildman–Crippen LogP) is 2.77. The van der Waals surface area contributed by atoms with Gasteiger partial charge in [0.15, 0.2) is 0 Å². The molecule has 1 aromatic carbocycles. The number of hydrogen-bond acceptors (Lipinski definition) is 3. The molecule has 2 N–H and O–H groups in total. The van der Waals surface area contributed by atoms with E-state index in [0.29, 0.717) is 11.6 Å². The zero-order valence-electron chi connectivity index (χ0n) is 11.9. The summed E-state index contributed by atoms with van der Waals surface area (Å²) in [4.78, 5) is 2.23. The second-order valence-corrected chi connectivity index (χ2v) is 5.40. The molecule has 0 aliphatic carbocycles. The van der Waals surface area contributed by atoms with Gasteiger partial charge in [-0.3, -0.25) is 0 Å². The second kappa shape index (κ2) is 5.88. The van der Waals surface area contributed by atoms with E-state index in [4.69, 9.17) is 10.5 Å². The Labute approximate surface area is 114 Å². The Morgan fingerprint density at radius 2 is 2.00 bits per heavy atom. The van der Waals surface area contributed by atoms with Crippen LogP contribution >= 0.6 is 0 Å². The fourth-order valence-corrected chi connectivity index (χ4v) is 2.62. The third-order valence-electron chi connectivity index (χ3n) is 3.92. The van der Waals surface area contributed by atoms with Gasteiger partial charge in [-0.15, -0.1) is 0 Å². The summed E-state index contributed by atoms with van der Waals surface area (Å²) in [5.41, 5.74) is 8.56. The summed E-state index contributed by atoms with van der Waals surface area (Å²) in [6, 6.07) is 3.75. The zero-order chi connectivity index (χ0) is 14.0. The number of rotatable bonds is 3. The van der Waals surface area contributed by atoms with Gasteiger partial charge in [0, 0.05) is 38.0 Å². The van der Waals surface area contributed by atoms with Gasteiger partial charge in [0.05, 0.1) is 0 Å². The average Bonchev–Trinajstić information content (AvgIpc) is 2.41. The SMILES string of the molecule is Cc1cc(N(C)C2CCOCC2)c(C(C)N)cc1F. The van der Waals surface area contributed by atoms with Crippen molar-refractivity contribution in [2.75, 3.05) is 25.2 Å². The van der Waals surface area contributed by atoms with E-state index in [9.17, 15) is 4.39 Å². The highest BCUT2D eigenvalue weighted by molar-refractivity contribution is 5.57. The lowest BCUT2D eigenvalue weighted by Gasteiger charge is -2.35. The summed E-state index contributed by atoms with van der Waals surface area (Å²) < 4.78 is 19.1. The summed E-state index contributed by atoms with van der Waals surface area (Å²) in [6.45, 7) is 5.28. The molecule has 1 aromatic rings. The molecular weight excluding hydrogens is 243 g/mol. The minimum Gasteiger partial charge on any atom is -0.381 e. The first kappa shape index (κ1) is 14.3. The van der Waals surface area contributed by atoms with E-state index >= 15 is 0 Å². The molecule has 0 radical (unpaired) electrons. The van der Waals surface area contributed by atoms with Gasteiger partial charge in [-0.2, -0.15) is 0 Å². The van der Waals surface area contributed by atoms with Crippen LogP contribution in [-0.4, -0.2) is 26.3 Å². The molecule has 0 amide bonds. The van der Waals surface area contributed by atoms with Crippen LogP contribution in [0.15, 0.2) is 12.1 Å². The fourth-order valence-electron chi connectivity index (χ4n) is 2.62. The smallest absolute Gasteiger partial charge is 0.126 e. The highest BCUT2D eigenvalue weighted by Crippen LogP contribution is 2.30. The Kier molecular flexibility index (Phi) is 4.42. The van der Waals surface area contributed by atoms with Crippen molar-refractivity contribution in [3.8, 4) is 0 Å². The van der Waals surface area contributed by atoms with Crippen molar-refractivity contribution < 1.29 is 9.13 Å². The van der Waals surface area contributed by atoms with E-state index in [1.807, 2.05) is 13.0 Å². The van der Waals surface area contributed by atoms with E-state index in [1.54, 1.807) is 13.0 Å². The largest absolute Gasteiger partial charge is 0.381 e. The number of halogens is 1. The van der Waals surface area contributed by atoms with Gasteiger partial charge in [-0.1, -0.05) is 0 Å². The molecule has 19 heavy (non-hydrogen) atoms. The molecule has 1 aliphatic rings. The molecule has 106 valence electrons. The monoisotopic (exact) mass is 266 g/mol. The van der Waals surface area contributed by atoms with Gasteiger partial charge in [0.1, 0.15) is 5.82 Å². The average molecular weight is 266 g/mol. The summed E-state index contributed by atoms with van der Waals surface area (Å²) in [5, 5.41) is 0. The van der Waals surface area contributed by atoms with Crippen LogP contribution in [-0.2, 0) is 4.74 Å². The highest BCUT2D eigenvalue weighted by atomic mass is 19.1. The second-order valence-electron chi connectivity index (χ2n) is 5.40. The lowest BCUT2D eigenvalue weighted by Crippen LogP contribution is -2.37. The van der Waals surface area contributed by atoms with Crippen molar-refractivity contribution in [3.63, 3.8) is 0 Å². The molecule has 1 aliphatic heterocycles. The zero-order valence-corrected chi connectivity index (χ0v) is 11.9. The van der Waals surface area contributed by atoms with Gasteiger partial charge in [0.25, 0.3) is 0 Å². The minimum atomic E-state index is -0.184. The first-order valence-electron chi connectivity index (χ1n) is 6.87. The van der Waals surface area contributed by atoms with Gasteiger partial charge in [-0.05, 0) is 49.9 Å². The van der Waals surface area contributed by atoms with Crippen LogP contribution in [0, 0.1) is 12.7 Å². The van der Waals surface area contributed by atoms with Crippen molar-refractivity contribution in [2.45, 2.75) is 38.8 Å². The first-order chi connectivity index (χ1) is 9.00. The van der Waals surface area contributed by atoms with E-state index in [-0.39, 0.29) is 11.9 Å². The van der Waals surface area contributed by atoms with Crippen molar-refractivity contribution in [1.29, 1.82) is 0 Å². The molecule has 1 heterocycles. The van der Waals surface area contributed by atoms with Gasteiger partial charge in [-0.25, -0.2) is 4.39 Å². The van der Waals surface area contributed by atoms with Crippen molar-refractivity contribution >= 4 is 5.69 Å². The fraction of sp³-hybridized carbons (Fsp3) is 0.600. The molecule has 2 rings (SSSR count). The molecule has 1 atom stereocenters. The van der Waals surface area contributed by atoms with Gasteiger partial charge in [0.2, 0.25) is 0 Å². The lowest BCUT2D eigenvalue weighted by molar-refractivity contribution is 0.0854. The van der Waals surface area contributed by atoms with Crippen LogP contribution in [0.2, 0.25) is 0 Å². The molecule has 1 saturated heterocycles. The van der Waals surface area contributed by atoms with E-state index < -0.39 is 0 Å². The van der Waals surface area contributed by atoms with Crippen LogP contribution < -0.4 is 10.6 Å². The van der Waals surface area contributed by atoms with Gasteiger partial charge >= 0.3 is 0 Å². The number of anilines is 1. The standard InChI is InChI=1S/C15H23FN2O/c1-10-8-15(13(11(2)17)9-14(10)16)18(3)12-4-6-19-7-5-12/h8-9,11-12H,4-7,17H2,1-3H3. The number of nitrogens with two attached hydrogens (primary N) is 1. The number of ether oxygens (including phenoxy) is 1. The van der Waals surface area contributed by atoms with Gasteiger partial charge < -0.3 is 15.4 Å². The predicted molar refractivity (Wildman–Crippen MR) is 76.0 cm³/mol. The molecule has 4 heteroatoms. The normalized spacial score (nSPS) is 18.4. The quantitative estimate of drug-likeness (QED) is 0.914. The summed E-state index contributed by atoms with van der Waals surface area (Å²) in [7, 11) is 2.06. The molecule has 0 saturated carbocycles. The van der Waals surface area contributed by atoms with Crippen LogP contribution in [0.1, 0.15) is 36.9 Å². The molecule has 3 nitrogen and oxygen atoms in total. The number of nitrogens with zero attached hydrogens (tertiary/aromatic N) is 1. The third-order valence-corrected chi connectivity index (χ3v) is 3.92. The van der Waals surface area contributed by atoms with E-state index in [0.717, 1.165) is 37.3 Å². The number of benzene rings is 1. The van der Waals surface area contributed by atoms with Crippen molar-refractivity contribution in [1.82, 2.24) is 0 Å². The van der Waals surface area contributed by atoms with Crippen LogP contribution in [0.5, 0.6) is 0 Å². The number of aryl methyl sites for hydroxylation is 1. The molecular formula is C15H23FN2O. The maximum atomic E-state index is 13.7. The highest BCUT2D eigenvalue weighted by Gasteiger charge is 2.22. The molecule has 0 aromatic heterocycles. The first-order valence-corrected chi connectivity index (χ1v) is 6.87. The molecule has 1 unspecified atom stereocenters. The van der Waals surface area contributed by atoms with Crippen LogP contribution in [0.4, 0.5) is 10.1 Å². The van der Waals surface area contributed by atoms with Crippen LogP contribution in [0.25, 0.3) is 0 Å². The molecule has 0 bridgehead atoms. The maximum absolute atomic E-state index is 13.7. The summed E-state index contributed by atoms with van der Waals surface area (Å²) >= 11 is 0. The van der Waals surface area contributed by atoms with Crippen molar-refractivity contribution in [2.24, 2.45) is 5.73 Å². The van der Waals surface area contributed by atoms with Crippen LogP contribution in [0.3, 0.4) is 0 Å². The van der Waals surface area contributed by atoms with E-state index in [2.05, 4.69) is 11.9 Å². The Balaban J connectivity index is 2.33. The Morgan fingerprint density at radius 1 is 1.37 bits per heavy atom. The van der Waals surface area contributed by atoms with Crippen molar-refractivity contribution in [3.05, 3.63) is 29.1 Å². The Bertz CT molecular complexity index is 442. The third kappa shape index (κ3) is 3.07. The maximum Gasteiger partial charge on any atom is 0.126 e. The summed E-state index contributed by atoms with van der Waals surface area (Å²) in [5.74, 6) is -0.184. The lowest BCUT2D eigenvalue weighted by atomic mass is 10.00. The van der Waals surface area contributed by atoms with E-state index in [1.165, 1.54) is 0 Å². The topological polar surface area (TPSA) is 38.5 Å². The summed E-state index contributed by atoms with van der Waals surface area (Å²) in [6.07, 6.45) is 2.01. The minimum absolute atomic E-state index is 0.174. The Hall–Kier alpha value is -1.13. The molecule has 1 fully saturated rings. The molecule has 0 spiro atoms.